The summed E-state index contributed by atoms with van der Waals surface area (Å²) in [5.74, 6) is 0.707. The van der Waals surface area contributed by atoms with Crippen molar-refractivity contribution in [2.75, 3.05) is 11.9 Å². The third-order valence-corrected chi connectivity index (χ3v) is 7.22. The molecule has 1 amide bonds. The fourth-order valence-corrected chi connectivity index (χ4v) is 5.41. The zero-order chi connectivity index (χ0) is 24.9. The summed E-state index contributed by atoms with van der Waals surface area (Å²) >= 11 is 7.28. The minimum absolute atomic E-state index is 0.0665. The van der Waals surface area contributed by atoms with Crippen molar-refractivity contribution in [3.8, 4) is 0 Å². The zero-order valence-corrected chi connectivity index (χ0v) is 21.4. The molecule has 2 aromatic carbocycles. The number of rotatable bonds is 8. The molecule has 8 heteroatoms. The van der Waals surface area contributed by atoms with E-state index in [9.17, 15) is 4.79 Å². The number of carbonyl (C=O) groups is 1. The molecule has 3 heterocycles. The molecule has 2 atom stereocenters. The fourth-order valence-electron chi connectivity index (χ4n) is 4.28. The molecule has 36 heavy (non-hydrogen) atoms. The van der Waals surface area contributed by atoms with Crippen LogP contribution in [0.15, 0.2) is 106 Å². The number of hydrogen-bond donors (Lipinski definition) is 2. The molecular formula is C28H26N4O2S2. The molecule has 5 rings (SSSR count). The highest BCUT2D eigenvalue weighted by atomic mass is 32.2. The molecule has 2 aromatic heterocycles. The quantitative estimate of drug-likeness (QED) is 0.274. The Balaban J connectivity index is 1.36. The number of thiocarbonyl (C=S) groups is 1. The molecule has 0 spiro atoms. The second kappa shape index (κ2) is 11.0. The molecule has 0 radical (unpaired) electrons. The van der Waals surface area contributed by atoms with E-state index in [1.807, 2.05) is 84.6 Å². The molecular weight excluding hydrogens is 488 g/mol. The summed E-state index contributed by atoms with van der Waals surface area (Å²) in [7, 11) is 0. The van der Waals surface area contributed by atoms with Gasteiger partial charge in [-0.3, -0.25) is 9.78 Å². The molecule has 1 aliphatic rings. The highest BCUT2D eigenvalue weighted by Gasteiger charge is 2.41. The summed E-state index contributed by atoms with van der Waals surface area (Å²) in [4.78, 5) is 20.4. The van der Waals surface area contributed by atoms with Gasteiger partial charge in [0.05, 0.1) is 11.7 Å². The number of furan rings is 1. The maximum atomic E-state index is 12.7. The van der Waals surface area contributed by atoms with E-state index in [0.29, 0.717) is 11.7 Å². The van der Waals surface area contributed by atoms with Crippen LogP contribution in [0.3, 0.4) is 0 Å². The zero-order valence-electron chi connectivity index (χ0n) is 19.8. The molecule has 4 aromatic rings. The molecule has 0 bridgehead atoms. The topological polar surface area (TPSA) is 70.4 Å². The first kappa shape index (κ1) is 24.1. The molecule has 1 fully saturated rings. The number of aryl methyl sites for hydroxylation is 1. The highest BCUT2D eigenvalue weighted by molar-refractivity contribution is 7.99. The summed E-state index contributed by atoms with van der Waals surface area (Å²) < 4.78 is 6.31. The van der Waals surface area contributed by atoms with Gasteiger partial charge in [0.25, 0.3) is 0 Å². The van der Waals surface area contributed by atoms with Gasteiger partial charge in [-0.15, -0.1) is 0 Å². The Kier molecular flexibility index (Phi) is 7.34. The van der Waals surface area contributed by atoms with E-state index in [1.165, 1.54) is 0 Å². The Morgan fingerprint density at radius 2 is 1.92 bits per heavy atom. The Morgan fingerprint density at radius 1 is 1.08 bits per heavy atom. The van der Waals surface area contributed by atoms with Crippen LogP contribution in [-0.4, -0.2) is 27.4 Å². The van der Waals surface area contributed by atoms with Crippen LogP contribution < -0.4 is 10.6 Å². The third-order valence-electron chi connectivity index (χ3n) is 5.93. The van der Waals surface area contributed by atoms with Crippen LogP contribution >= 0.6 is 24.0 Å². The first-order chi connectivity index (χ1) is 17.6. The summed E-state index contributed by atoms with van der Waals surface area (Å²) in [6.45, 7) is 2.44. The molecule has 2 N–H and O–H groups in total. The van der Waals surface area contributed by atoms with Gasteiger partial charge in [0.15, 0.2) is 10.2 Å². The lowest BCUT2D eigenvalue weighted by atomic mass is 10.0. The molecule has 1 aliphatic heterocycles. The molecule has 0 aliphatic carbocycles. The first-order valence-electron chi connectivity index (χ1n) is 11.7. The Labute approximate surface area is 220 Å². The molecule has 1 saturated heterocycles. The van der Waals surface area contributed by atoms with Gasteiger partial charge < -0.3 is 20.0 Å². The van der Waals surface area contributed by atoms with Crippen molar-refractivity contribution in [3.63, 3.8) is 0 Å². The predicted octanol–water partition coefficient (Wildman–Crippen LogP) is 6.14. The normalized spacial score (nSPS) is 17.1. The van der Waals surface area contributed by atoms with Crippen molar-refractivity contribution >= 4 is 40.7 Å². The van der Waals surface area contributed by atoms with E-state index in [2.05, 4.69) is 27.8 Å². The van der Waals surface area contributed by atoms with Crippen molar-refractivity contribution in [3.05, 3.63) is 108 Å². The number of aromatic nitrogens is 1. The van der Waals surface area contributed by atoms with E-state index in [1.54, 1.807) is 18.0 Å². The van der Waals surface area contributed by atoms with Crippen LogP contribution in [0.4, 0.5) is 5.69 Å². The van der Waals surface area contributed by atoms with Gasteiger partial charge in [0.1, 0.15) is 11.8 Å². The molecule has 0 saturated carbocycles. The minimum Gasteiger partial charge on any atom is -0.452 e. The number of pyridine rings is 1. The van der Waals surface area contributed by atoms with Crippen LogP contribution in [0, 0.1) is 6.92 Å². The van der Waals surface area contributed by atoms with Gasteiger partial charge in [0.2, 0.25) is 5.91 Å². The smallest absolute Gasteiger partial charge is 0.226 e. The van der Waals surface area contributed by atoms with Gasteiger partial charge in [-0.1, -0.05) is 48.2 Å². The van der Waals surface area contributed by atoms with E-state index >= 15 is 0 Å². The number of nitrogens with one attached hydrogen (secondary N) is 2. The number of nitrogens with zero attached hydrogens (tertiary/aromatic N) is 2. The second-order valence-electron chi connectivity index (χ2n) is 8.56. The standard InChI is InChI=1S/C28H26N4O2S2/c1-19-8-7-9-20(18-19)30-24(33)15-17-32-27(26(31-28(32)35)22-12-5-6-16-29-22)23-13-14-25(34-23)36-21-10-3-2-4-11-21/h2-14,16,18,26-27H,15,17H2,1H3,(H,30,33)(H,31,35)/t26-,27+/m1/s1. The number of hydrogen-bond acceptors (Lipinski definition) is 5. The average Bonchev–Trinajstić information content (AvgIpc) is 3.47. The lowest BCUT2D eigenvalue weighted by Crippen LogP contribution is -2.32. The van der Waals surface area contributed by atoms with Crippen LogP contribution in [0.25, 0.3) is 0 Å². The Hall–Kier alpha value is -3.62. The minimum atomic E-state index is -0.232. The van der Waals surface area contributed by atoms with Crippen LogP contribution in [0.2, 0.25) is 0 Å². The monoisotopic (exact) mass is 514 g/mol. The van der Waals surface area contributed by atoms with Crippen LogP contribution in [0.1, 0.15) is 35.5 Å². The predicted molar refractivity (Wildman–Crippen MR) is 146 cm³/mol. The first-order valence-corrected chi connectivity index (χ1v) is 13.0. The fraction of sp³-hybridized carbons (Fsp3) is 0.179. The van der Waals surface area contributed by atoms with Crippen molar-refractivity contribution in [1.82, 2.24) is 15.2 Å². The Bertz CT molecular complexity index is 1340. The maximum Gasteiger partial charge on any atom is 0.226 e. The van der Waals surface area contributed by atoms with Crippen molar-refractivity contribution in [2.45, 2.75) is 35.4 Å². The molecule has 0 unspecified atom stereocenters. The van der Waals surface area contributed by atoms with E-state index in [4.69, 9.17) is 16.6 Å². The third kappa shape index (κ3) is 5.61. The SMILES string of the molecule is Cc1cccc(NC(=O)CCN2C(=S)N[C@H](c3ccccn3)[C@@H]2c2ccc(Sc3ccccc3)o2)c1. The molecule has 6 nitrogen and oxygen atoms in total. The van der Waals surface area contributed by atoms with Gasteiger partial charge in [0, 0.05) is 29.7 Å². The Morgan fingerprint density at radius 3 is 2.69 bits per heavy atom. The largest absolute Gasteiger partial charge is 0.452 e. The number of carbonyl (C=O) groups excluding carboxylic acids is 1. The van der Waals surface area contributed by atoms with Gasteiger partial charge in [-0.05, 0) is 73.2 Å². The van der Waals surface area contributed by atoms with E-state index in [-0.39, 0.29) is 24.4 Å². The maximum absolute atomic E-state index is 12.7. The molecule has 182 valence electrons. The summed E-state index contributed by atoms with van der Waals surface area (Å²) in [5, 5.41) is 7.76. The summed E-state index contributed by atoms with van der Waals surface area (Å²) in [5.41, 5.74) is 2.75. The number of amides is 1. The van der Waals surface area contributed by atoms with Gasteiger partial charge in [-0.2, -0.15) is 0 Å². The van der Waals surface area contributed by atoms with Crippen molar-refractivity contribution in [1.29, 1.82) is 0 Å². The highest BCUT2D eigenvalue weighted by Crippen LogP contribution is 2.41. The lowest BCUT2D eigenvalue weighted by molar-refractivity contribution is -0.116. The number of benzene rings is 2. The van der Waals surface area contributed by atoms with Gasteiger partial charge >= 0.3 is 0 Å². The number of anilines is 1. The lowest BCUT2D eigenvalue weighted by Gasteiger charge is -2.25. The van der Waals surface area contributed by atoms with Crippen molar-refractivity contribution < 1.29 is 9.21 Å². The van der Waals surface area contributed by atoms with Crippen molar-refractivity contribution in [2.24, 2.45) is 0 Å². The van der Waals surface area contributed by atoms with Crippen LogP contribution in [0.5, 0.6) is 0 Å². The van der Waals surface area contributed by atoms with E-state index in [0.717, 1.165) is 32.7 Å². The summed E-state index contributed by atoms with van der Waals surface area (Å²) in [6, 6.07) is 27.2. The van der Waals surface area contributed by atoms with E-state index < -0.39 is 0 Å². The summed E-state index contributed by atoms with van der Waals surface area (Å²) in [6.07, 6.45) is 2.06. The second-order valence-corrected chi connectivity index (χ2v) is 10.0. The van der Waals surface area contributed by atoms with Gasteiger partial charge in [-0.25, -0.2) is 0 Å². The van der Waals surface area contributed by atoms with Crippen LogP contribution in [-0.2, 0) is 4.79 Å². The average molecular weight is 515 g/mol.